The molecule has 0 N–H and O–H groups in total. The number of amides is 1. The van der Waals surface area contributed by atoms with E-state index in [2.05, 4.69) is 21.8 Å². The molecule has 23 heavy (non-hydrogen) atoms. The van der Waals surface area contributed by atoms with Gasteiger partial charge in [0.2, 0.25) is 6.41 Å². The first kappa shape index (κ1) is 14.2. The fourth-order valence-electron chi connectivity index (χ4n) is 3.55. The summed E-state index contributed by atoms with van der Waals surface area (Å²) in [6.45, 7) is 0.744. The number of rotatable bonds is 2. The maximum absolute atomic E-state index is 11.5. The zero-order chi connectivity index (χ0) is 15.9. The Labute approximate surface area is 139 Å². The van der Waals surface area contributed by atoms with Gasteiger partial charge in [-0.15, -0.1) is 0 Å². The van der Waals surface area contributed by atoms with E-state index in [9.17, 15) is 4.79 Å². The van der Waals surface area contributed by atoms with Gasteiger partial charge in [-0.1, -0.05) is 29.7 Å². The number of carbonyl (C=O) groups is 1. The van der Waals surface area contributed by atoms with E-state index in [1.807, 2.05) is 29.2 Å². The molecule has 0 aromatic carbocycles. The number of halogens is 1. The van der Waals surface area contributed by atoms with Crippen LogP contribution in [-0.2, 0) is 4.79 Å². The highest BCUT2D eigenvalue weighted by atomic mass is 35.5. The Morgan fingerprint density at radius 1 is 1.30 bits per heavy atom. The number of piperidine rings is 1. The molecule has 2 aromatic heterocycles. The fourth-order valence-corrected chi connectivity index (χ4v) is 3.66. The van der Waals surface area contributed by atoms with Crippen molar-refractivity contribution in [2.24, 2.45) is 11.3 Å². The average Bonchev–Trinajstić information content (AvgIpc) is 3.20. The van der Waals surface area contributed by atoms with Gasteiger partial charge in [0, 0.05) is 18.9 Å². The molecule has 3 atom stereocenters. The predicted octanol–water partition coefficient (Wildman–Crippen LogP) is 2.70. The van der Waals surface area contributed by atoms with Crippen LogP contribution in [0.5, 0.6) is 0 Å². The van der Waals surface area contributed by atoms with E-state index in [-0.39, 0.29) is 11.5 Å². The van der Waals surface area contributed by atoms with E-state index in [4.69, 9.17) is 11.6 Å². The zero-order valence-electron chi connectivity index (χ0n) is 12.3. The zero-order valence-corrected chi connectivity index (χ0v) is 13.1. The average molecular weight is 324 g/mol. The van der Waals surface area contributed by atoms with E-state index in [1.54, 1.807) is 18.5 Å². The lowest BCUT2D eigenvalue weighted by molar-refractivity contribution is -0.119. The largest absolute Gasteiger partial charge is 0.336 e. The van der Waals surface area contributed by atoms with Gasteiger partial charge in [-0.25, -0.2) is 9.97 Å². The number of pyridine rings is 2. The number of likely N-dealkylation sites (tertiary alicyclic amines) is 1. The Morgan fingerprint density at radius 3 is 2.91 bits per heavy atom. The van der Waals surface area contributed by atoms with Crippen molar-refractivity contribution in [3.05, 3.63) is 59.1 Å². The van der Waals surface area contributed by atoms with Crippen LogP contribution in [0.15, 0.2) is 42.7 Å². The number of nitrogens with zero attached hydrogens (tertiary/aromatic N) is 3. The summed E-state index contributed by atoms with van der Waals surface area (Å²) in [6, 6.07) is 9.32. The smallest absolute Gasteiger partial charge is 0.210 e. The summed E-state index contributed by atoms with van der Waals surface area (Å²) in [5, 5.41) is 0.449. The molecule has 0 radical (unpaired) electrons. The van der Waals surface area contributed by atoms with Gasteiger partial charge in [0.1, 0.15) is 10.8 Å². The molecule has 114 valence electrons. The van der Waals surface area contributed by atoms with Gasteiger partial charge in [0.15, 0.2) is 0 Å². The van der Waals surface area contributed by atoms with E-state index < -0.39 is 0 Å². The molecule has 2 aliphatic rings. The molecule has 2 aromatic rings. The molecule has 3 unspecified atom stereocenters. The molecule has 0 spiro atoms. The van der Waals surface area contributed by atoms with Crippen molar-refractivity contribution in [2.75, 3.05) is 6.54 Å². The van der Waals surface area contributed by atoms with Gasteiger partial charge in [0.05, 0.1) is 11.5 Å². The molecular formula is C18H14ClN3O. The molecule has 4 rings (SSSR count). The lowest BCUT2D eigenvalue weighted by Crippen LogP contribution is -2.28. The van der Waals surface area contributed by atoms with Crippen molar-refractivity contribution >= 4 is 18.0 Å². The van der Waals surface area contributed by atoms with E-state index >= 15 is 0 Å². The van der Waals surface area contributed by atoms with Gasteiger partial charge in [-0.3, -0.25) is 4.79 Å². The Kier molecular flexibility index (Phi) is 3.32. The number of fused-ring (bicyclic) bond motifs is 1. The first-order valence-corrected chi connectivity index (χ1v) is 7.87. The van der Waals surface area contributed by atoms with Crippen LogP contribution < -0.4 is 0 Å². The minimum atomic E-state index is -0.187. The van der Waals surface area contributed by atoms with Crippen LogP contribution in [0, 0.1) is 23.2 Å². The summed E-state index contributed by atoms with van der Waals surface area (Å²) in [4.78, 5) is 21.7. The summed E-state index contributed by atoms with van der Waals surface area (Å²) in [7, 11) is 0. The maximum atomic E-state index is 11.5. The molecule has 1 saturated carbocycles. The van der Waals surface area contributed by atoms with Crippen molar-refractivity contribution < 1.29 is 4.79 Å². The SMILES string of the molecule is O=CN1CC2CC2(C#Cc2ccccn2)C1c1ccc(Cl)nc1. The fraction of sp³-hybridized carbons (Fsp3) is 0.278. The summed E-state index contributed by atoms with van der Waals surface area (Å²) in [5.74, 6) is 7.00. The Bertz CT molecular complexity index is 797. The summed E-state index contributed by atoms with van der Waals surface area (Å²) < 4.78 is 0. The van der Waals surface area contributed by atoms with Gasteiger partial charge < -0.3 is 4.90 Å². The van der Waals surface area contributed by atoms with Crippen molar-refractivity contribution in [1.29, 1.82) is 0 Å². The number of hydrogen-bond donors (Lipinski definition) is 0. The molecule has 4 nitrogen and oxygen atoms in total. The van der Waals surface area contributed by atoms with Crippen LogP contribution in [0.4, 0.5) is 0 Å². The predicted molar refractivity (Wildman–Crippen MR) is 86.4 cm³/mol. The van der Waals surface area contributed by atoms with Crippen molar-refractivity contribution in [3.63, 3.8) is 0 Å². The quantitative estimate of drug-likeness (QED) is 0.485. The van der Waals surface area contributed by atoms with Crippen LogP contribution in [-0.4, -0.2) is 27.8 Å². The van der Waals surface area contributed by atoms with Gasteiger partial charge in [-0.05, 0) is 42.0 Å². The molecule has 1 aliphatic heterocycles. The van der Waals surface area contributed by atoms with Gasteiger partial charge in [-0.2, -0.15) is 0 Å². The van der Waals surface area contributed by atoms with Crippen LogP contribution >= 0.6 is 11.6 Å². The standard InChI is InChI=1S/C18H14ClN3O/c19-16-5-4-13(10-21-16)17-18(9-14(18)11-22(17)12-23)7-6-15-3-1-2-8-20-15/h1-5,8,10,12,14,17H,9,11H2. The number of aromatic nitrogens is 2. The molecular weight excluding hydrogens is 310 g/mol. The molecule has 1 saturated heterocycles. The molecule has 0 bridgehead atoms. The lowest BCUT2D eigenvalue weighted by Gasteiger charge is -2.27. The van der Waals surface area contributed by atoms with Crippen LogP contribution in [0.1, 0.15) is 23.7 Å². The second-order valence-electron chi connectivity index (χ2n) is 6.03. The molecule has 2 fully saturated rings. The van der Waals surface area contributed by atoms with Gasteiger partial charge >= 0.3 is 0 Å². The molecule has 5 heteroatoms. The molecule has 1 amide bonds. The second-order valence-corrected chi connectivity index (χ2v) is 6.41. The summed E-state index contributed by atoms with van der Waals surface area (Å²) in [6.07, 6.45) is 5.40. The van der Waals surface area contributed by atoms with Gasteiger partial charge in [0.25, 0.3) is 0 Å². The minimum absolute atomic E-state index is 0.0639. The third-order valence-corrected chi connectivity index (χ3v) is 4.92. The molecule has 3 heterocycles. The van der Waals surface area contributed by atoms with Crippen LogP contribution in [0.25, 0.3) is 0 Å². The first-order chi connectivity index (χ1) is 11.2. The monoisotopic (exact) mass is 323 g/mol. The maximum Gasteiger partial charge on any atom is 0.210 e. The Morgan fingerprint density at radius 2 is 2.22 bits per heavy atom. The van der Waals surface area contributed by atoms with Crippen molar-refractivity contribution in [2.45, 2.75) is 12.5 Å². The minimum Gasteiger partial charge on any atom is -0.336 e. The third kappa shape index (κ3) is 2.38. The summed E-state index contributed by atoms with van der Waals surface area (Å²) >= 11 is 5.88. The highest BCUT2D eigenvalue weighted by Gasteiger charge is 2.65. The normalized spacial score (nSPS) is 27.8. The number of hydrogen-bond acceptors (Lipinski definition) is 3. The lowest BCUT2D eigenvalue weighted by atomic mass is 9.91. The highest BCUT2D eigenvalue weighted by Crippen LogP contribution is 2.66. The second kappa shape index (κ2) is 5.36. The third-order valence-electron chi connectivity index (χ3n) is 4.69. The highest BCUT2D eigenvalue weighted by molar-refractivity contribution is 6.29. The number of carbonyl (C=O) groups excluding carboxylic acids is 1. The van der Waals surface area contributed by atoms with Crippen LogP contribution in [0.3, 0.4) is 0 Å². The van der Waals surface area contributed by atoms with Crippen molar-refractivity contribution in [1.82, 2.24) is 14.9 Å². The van der Waals surface area contributed by atoms with E-state index in [0.29, 0.717) is 11.1 Å². The van der Waals surface area contributed by atoms with Crippen LogP contribution in [0.2, 0.25) is 5.15 Å². The Hall–Kier alpha value is -2.38. The first-order valence-electron chi connectivity index (χ1n) is 7.50. The van der Waals surface area contributed by atoms with E-state index in [0.717, 1.165) is 30.6 Å². The van der Waals surface area contributed by atoms with E-state index in [1.165, 1.54) is 0 Å². The Balaban J connectivity index is 1.71. The summed E-state index contributed by atoms with van der Waals surface area (Å²) in [5.41, 5.74) is 1.55. The topological polar surface area (TPSA) is 46.1 Å². The van der Waals surface area contributed by atoms with Crippen molar-refractivity contribution in [3.8, 4) is 11.8 Å². The molecule has 1 aliphatic carbocycles.